The predicted molar refractivity (Wildman–Crippen MR) is 79.8 cm³/mol. The van der Waals surface area contributed by atoms with Gasteiger partial charge in [0.15, 0.2) is 0 Å². The molecule has 1 aromatic carbocycles. The van der Waals surface area contributed by atoms with Gasteiger partial charge in [0, 0.05) is 32.2 Å². The van der Waals surface area contributed by atoms with Crippen molar-refractivity contribution >= 4 is 6.03 Å². The first-order valence-electron chi connectivity index (χ1n) is 7.38. The summed E-state index contributed by atoms with van der Waals surface area (Å²) < 4.78 is 13.0. The maximum Gasteiger partial charge on any atom is 0.317 e. The van der Waals surface area contributed by atoms with Crippen molar-refractivity contribution in [3.63, 3.8) is 0 Å². The molecule has 0 aliphatic carbocycles. The SMILES string of the molecule is CCNC(=O)N(Cc1ccc(F)cc1)C1CCN(N)CC1. The first-order valence-corrected chi connectivity index (χ1v) is 7.38. The van der Waals surface area contributed by atoms with E-state index in [2.05, 4.69) is 5.32 Å². The second kappa shape index (κ2) is 7.38. The van der Waals surface area contributed by atoms with E-state index in [4.69, 9.17) is 5.84 Å². The fourth-order valence-electron chi connectivity index (χ4n) is 2.60. The number of hydrogen-bond donors (Lipinski definition) is 2. The summed E-state index contributed by atoms with van der Waals surface area (Å²) in [5.41, 5.74) is 0.929. The highest BCUT2D eigenvalue weighted by molar-refractivity contribution is 5.74. The molecule has 1 aliphatic rings. The Labute approximate surface area is 124 Å². The molecule has 1 heterocycles. The number of nitrogens with one attached hydrogen (secondary N) is 1. The zero-order valence-corrected chi connectivity index (χ0v) is 12.4. The van der Waals surface area contributed by atoms with Gasteiger partial charge in [0.2, 0.25) is 0 Å². The number of hydrazine groups is 1. The van der Waals surface area contributed by atoms with Gasteiger partial charge >= 0.3 is 6.03 Å². The first kappa shape index (κ1) is 15.7. The van der Waals surface area contributed by atoms with E-state index in [9.17, 15) is 9.18 Å². The van der Waals surface area contributed by atoms with Crippen molar-refractivity contribution in [2.24, 2.45) is 5.84 Å². The number of halogens is 1. The maximum absolute atomic E-state index is 13.0. The Kier molecular flexibility index (Phi) is 5.52. The van der Waals surface area contributed by atoms with Crippen molar-refractivity contribution in [3.8, 4) is 0 Å². The molecule has 0 saturated carbocycles. The van der Waals surface area contributed by atoms with E-state index in [-0.39, 0.29) is 17.9 Å². The summed E-state index contributed by atoms with van der Waals surface area (Å²) in [6.07, 6.45) is 1.71. The van der Waals surface area contributed by atoms with Crippen LogP contribution in [0.5, 0.6) is 0 Å². The molecule has 1 aromatic rings. The van der Waals surface area contributed by atoms with E-state index in [0.29, 0.717) is 13.1 Å². The Morgan fingerprint density at radius 2 is 2.00 bits per heavy atom. The van der Waals surface area contributed by atoms with Gasteiger partial charge in [-0.1, -0.05) is 12.1 Å². The summed E-state index contributed by atoms with van der Waals surface area (Å²) in [5, 5.41) is 4.64. The van der Waals surface area contributed by atoms with Crippen LogP contribution in [0, 0.1) is 5.82 Å². The Balaban J connectivity index is 2.08. The number of piperidine rings is 1. The smallest absolute Gasteiger partial charge is 0.317 e. The molecular weight excluding hydrogens is 271 g/mol. The molecule has 2 rings (SSSR count). The molecule has 1 aliphatic heterocycles. The van der Waals surface area contributed by atoms with Crippen LogP contribution in [0.25, 0.3) is 0 Å². The van der Waals surface area contributed by atoms with Gasteiger partial charge in [0.1, 0.15) is 5.82 Å². The van der Waals surface area contributed by atoms with Crippen molar-refractivity contribution in [1.82, 2.24) is 15.2 Å². The summed E-state index contributed by atoms with van der Waals surface area (Å²) >= 11 is 0. The van der Waals surface area contributed by atoms with Crippen LogP contribution >= 0.6 is 0 Å². The van der Waals surface area contributed by atoms with Crippen LogP contribution in [0.2, 0.25) is 0 Å². The van der Waals surface area contributed by atoms with Gasteiger partial charge in [-0.2, -0.15) is 0 Å². The van der Waals surface area contributed by atoms with Crippen LogP contribution in [-0.2, 0) is 6.54 Å². The predicted octanol–water partition coefficient (Wildman–Crippen LogP) is 1.70. The van der Waals surface area contributed by atoms with Crippen LogP contribution in [0.1, 0.15) is 25.3 Å². The van der Waals surface area contributed by atoms with Gasteiger partial charge in [-0.3, -0.25) is 5.84 Å². The molecule has 3 N–H and O–H groups in total. The summed E-state index contributed by atoms with van der Waals surface area (Å²) in [6.45, 7) is 4.54. The Bertz CT molecular complexity index is 457. The van der Waals surface area contributed by atoms with Crippen molar-refractivity contribution in [1.29, 1.82) is 0 Å². The Morgan fingerprint density at radius 3 is 2.57 bits per heavy atom. The highest BCUT2D eigenvalue weighted by atomic mass is 19.1. The maximum atomic E-state index is 13.0. The van der Waals surface area contributed by atoms with Crippen molar-refractivity contribution < 1.29 is 9.18 Å². The summed E-state index contributed by atoms with van der Waals surface area (Å²) in [6, 6.07) is 6.39. The quantitative estimate of drug-likeness (QED) is 0.831. The van der Waals surface area contributed by atoms with Crippen LogP contribution in [0.3, 0.4) is 0 Å². The zero-order chi connectivity index (χ0) is 15.2. The van der Waals surface area contributed by atoms with Gasteiger partial charge in [0.05, 0.1) is 0 Å². The number of amides is 2. The highest BCUT2D eigenvalue weighted by Crippen LogP contribution is 2.18. The van der Waals surface area contributed by atoms with Gasteiger partial charge in [-0.15, -0.1) is 0 Å². The molecular formula is C15H23FN4O. The van der Waals surface area contributed by atoms with Crippen molar-refractivity contribution in [2.45, 2.75) is 32.4 Å². The van der Waals surface area contributed by atoms with Crippen molar-refractivity contribution in [3.05, 3.63) is 35.6 Å². The lowest BCUT2D eigenvalue weighted by Gasteiger charge is -2.37. The minimum atomic E-state index is -0.264. The topological polar surface area (TPSA) is 61.6 Å². The lowest BCUT2D eigenvalue weighted by atomic mass is 10.0. The molecule has 0 unspecified atom stereocenters. The Hall–Kier alpha value is -1.66. The number of nitrogens with two attached hydrogens (primary N) is 1. The fourth-order valence-corrected chi connectivity index (χ4v) is 2.60. The van der Waals surface area contributed by atoms with Crippen LogP contribution in [0.15, 0.2) is 24.3 Å². The molecule has 0 spiro atoms. The first-order chi connectivity index (χ1) is 10.1. The van der Waals surface area contributed by atoms with Crippen LogP contribution in [-0.4, -0.2) is 41.6 Å². The number of nitrogens with zero attached hydrogens (tertiary/aromatic N) is 2. The van der Waals surface area contributed by atoms with Gasteiger partial charge in [-0.05, 0) is 37.5 Å². The molecule has 0 aromatic heterocycles. The van der Waals surface area contributed by atoms with Crippen molar-refractivity contribution in [2.75, 3.05) is 19.6 Å². The molecule has 21 heavy (non-hydrogen) atoms. The lowest BCUT2D eigenvalue weighted by Crippen LogP contribution is -2.51. The summed E-state index contributed by atoms with van der Waals surface area (Å²) in [7, 11) is 0. The third kappa shape index (κ3) is 4.41. The molecule has 2 amide bonds. The van der Waals surface area contributed by atoms with Gasteiger partial charge in [-0.25, -0.2) is 14.2 Å². The Morgan fingerprint density at radius 1 is 1.38 bits per heavy atom. The van der Waals surface area contributed by atoms with E-state index in [1.54, 1.807) is 17.1 Å². The molecule has 0 bridgehead atoms. The number of carbonyl (C=O) groups is 1. The number of hydrogen-bond acceptors (Lipinski definition) is 3. The lowest BCUT2D eigenvalue weighted by molar-refractivity contribution is 0.117. The molecule has 0 atom stereocenters. The third-order valence-corrected chi connectivity index (χ3v) is 3.79. The van der Waals surface area contributed by atoms with E-state index in [1.807, 2.05) is 11.8 Å². The van der Waals surface area contributed by atoms with Crippen LogP contribution < -0.4 is 11.2 Å². The molecule has 1 fully saturated rings. The number of urea groups is 1. The second-order valence-corrected chi connectivity index (χ2v) is 5.36. The van der Waals surface area contributed by atoms with Gasteiger partial charge in [0.25, 0.3) is 0 Å². The summed E-state index contributed by atoms with van der Waals surface area (Å²) in [4.78, 5) is 14.1. The van der Waals surface area contributed by atoms with Crippen LogP contribution in [0.4, 0.5) is 9.18 Å². The molecule has 5 nitrogen and oxygen atoms in total. The normalized spacial score (nSPS) is 16.7. The van der Waals surface area contributed by atoms with E-state index < -0.39 is 0 Å². The third-order valence-electron chi connectivity index (χ3n) is 3.79. The fraction of sp³-hybridized carbons (Fsp3) is 0.533. The molecule has 1 saturated heterocycles. The molecule has 6 heteroatoms. The average Bonchev–Trinajstić information content (AvgIpc) is 2.48. The molecule has 116 valence electrons. The van der Waals surface area contributed by atoms with Gasteiger partial charge < -0.3 is 10.2 Å². The number of benzene rings is 1. The summed E-state index contributed by atoms with van der Waals surface area (Å²) in [5.74, 6) is 5.51. The largest absolute Gasteiger partial charge is 0.338 e. The number of carbonyl (C=O) groups excluding carboxylic acids is 1. The van der Waals surface area contributed by atoms with E-state index in [0.717, 1.165) is 31.5 Å². The highest BCUT2D eigenvalue weighted by Gasteiger charge is 2.26. The zero-order valence-electron chi connectivity index (χ0n) is 12.4. The number of rotatable bonds is 4. The second-order valence-electron chi connectivity index (χ2n) is 5.36. The minimum Gasteiger partial charge on any atom is -0.338 e. The minimum absolute atomic E-state index is 0.0719. The molecule has 0 radical (unpaired) electrons. The monoisotopic (exact) mass is 294 g/mol. The van der Waals surface area contributed by atoms with E-state index in [1.165, 1.54) is 12.1 Å². The standard InChI is InChI=1S/C15H23FN4O/c1-2-18-15(21)20(14-7-9-19(17)10-8-14)11-12-3-5-13(16)6-4-12/h3-6,14H,2,7-11,17H2,1H3,(H,18,21). The van der Waals surface area contributed by atoms with E-state index >= 15 is 0 Å². The average molecular weight is 294 g/mol.